The Kier molecular flexibility index (Phi) is 5.60. The van der Waals surface area contributed by atoms with Crippen molar-refractivity contribution in [3.63, 3.8) is 0 Å². The number of thioether (sulfide) groups is 1. The van der Waals surface area contributed by atoms with Gasteiger partial charge in [0, 0.05) is 0 Å². The number of esters is 1. The number of nitrogens with zero attached hydrogens (tertiary/aromatic N) is 1. The molecule has 3 rings (SSSR count). The summed E-state index contributed by atoms with van der Waals surface area (Å²) >= 11 is 0.720. The molecule has 2 aromatic rings. The Morgan fingerprint density at radius 1 is 1.14 bits per heavy atom. The Labute approximate surface area is 165 Å². The highest BCUT2D eigenvalue weighted by atomic mass is 32.2. The summed E-state index contributed by atoms with van der Waals surface area (Å²) in [6, 6.07) is 13.5. The number of amides is 3. The normalized spacial score (nSPS) is 15.2. The zero-order chi connectivity index (χ0) is 20.3. The van der Waals surface area contributed by atoms with Crippen molar-refractivity contribution in [1.82, 2.24) is 4.90 Å². The summed E-state index contributed by atoms with van der Waals surface area (Å²) in [7, 11) is 0. The molecule has 142 valence electrons. The van der Waals surface area contributed by atoms with Crippen molar-refractivity contribution in [1.29, 1.82) is 0 Å². The minimum Gasteiger partial charge on any atom is -0.423 e. The standard InChI is InChI=1S/C20H16N2O5S/c1-12-5-7-14(8-6-12)19(25)27-15-4-2-3-13(9-15)10-16-18(24)22(11-17(21)23)20(26)28-16/h2-10H,11H2,1H3,(H2,21,23)/b16-10-. The number of carbonyl (C=O) groups is 4. The van der Waals surface area contributed by atoms with E-state index in [1.165, 1.54) is 6.08 Å². The minimum absolute atomic E-state index is 0.160. The molecule has 0 aliphatic carbocycles. The van der Waals surface area contributed by atoms with Gasteiger partial charge in [0.15, 0.2) is 0 Å². The molecule has 28 heavy (non-hydrogen) atoms. The van der Waals surface area contributed by atoms with Crippen LogP contribution in [0.5, 0.6) is 5.75 Å². The van der Waals surface area contributed by atoms with E-state index in [2.05, 4.69) is 0 Å². The first-order valence-corrected chi connectivity index (χ1v) is 9.08. The van der Waals surface area contributed by atoms with Gasteiger partial charge in [0.2, 0.25) is 5.91 Å². The molecule has 0 aromatic heterocycles. The van der Waals surface area contributed by atoms with Crippen molar-refractivity contribution in [3.05, 3.63) is 70.1 Å². The number of carbonyl (C=O) groups excluding carboxylic acids is 4. The predicted octanol–water partition coefficient (Wildman–Crippen LogP) is 2.74. The molecule has 2 N–H and O–H groups in total. The molecule has 0 atom stereocenters. The second-order valence-corrected chi connectivity index (χ2v) is 7.06. The van der Waals surface area contributed by atoms with Crippen molar-refractivity contribution in [3.8, 4) is 5.75 Å². The maximum absolute atomic E-state index is 12.3. The summed E-state index contributed by atoms with van der Waals surface area (Å²) in [5, 5.41) is -0.558. The topological polar surface area (TPSA) is 107 Å². The van der Waals surface area contributed by atoms with Gasteiger partial charge in [-0.3, -0.25) is 19.3 Å². The van der Waals surface area contributed by atoms with Crippen molar-refractivity contribution < 1.29 is 23.9 Å². The highest BCUT2D eigenvalue weighted by Gasteiger charge is 2.35. The van der Waals surface area contributed by atoms with Crippen LogP contribution >= 0.6 is 11.8 Å². The van der Waals surface area contributed by atoms with Gasteiger partial charge in [-0.2, -0.15) is 0 Å². The number of nitrogens with two attached hydrogens (primary N) is 1. The van der Waals surface area contributed by atoms with E-state index in [0.29, 0.717) is 16.9 Å². The van der Waals surface area contributed by atoms with Gasteiger partial charge in [-0.1, -0.05) is 29.8 Å². The summed E-state index contributed by atoms with van der Waals surface area (Å²) in [5.74, 6) is -1.56. The molecule has 2 aromatic carbocycles. The number of hydrogen-bond acceptors (Lipinski definition) is 6. The van der Waals surface area contributed by atoms with Gasteiger partial charge in [-0.25, -0.2) is 4.79 Å². The van der Waals surface area contributed by atoms with Crippen LogP contribution in [0.1, 0.15) is 21.5 Å². The minimum atomic E-state index is -0.770. The fourth-order valence-corrected chi connectivity index (χ4v) is 3.31. The Bertz CT molecular complexity index is 998. The van der Waals surface area contributed by atoms with Crippen LogP contribution in [-0.2, 0) is 9.59 Å². The lowest BCUT2D eigenvalue weighted by atomic mass is 10.1. The Hall–Kier alpha value is -3.39. The largest absolute Gasteiger partial charge is 0.423 e. The van der Waals surface area contributed by atoms with E-state index >= 15 is 0 Å². The number of primary amides is 1. The molecule has 1 fully saturated rings. The first-order valence-electron chi connectivity index (χ1n) is 8.26. The monoisotopic (exact) mass is 396 g/mol. The maximum Gasteiger partial charge on any atom is 0.343 e. The predicted molar refractivity (Wildman–Crippen MR) is 104 cm³/mol. The molecule has 0 unspecified atom stereocenters. The fourth-order valence-electron chi connectivity index (χ4n) is 2.47. The van der Waals surface area contributed by atoms with Crippen LogP contribution in [0.3, 0.4) is 0 Å². The van der Waals surface area contributed by atoms with Crippen LogP contribution in [0.25, 0.3) is 6.08 Å². The SMILES string of the molecule is Cc1ccc(C(=O)Oc2cccc(/C=C3\SC(=O)N(CC(N)=O)C3=O)c2)cc1. The molecule has 0 spiro atoms. The molecule has 0 radical (unpaired) electrons. The van der Waals surface area contributed by atoms with Crippen molar-refractivity contribution in [2.45, 2.75) is 6.92 Å². The van der Waals surface area contributed by atoms with Crippen LogP contribution < -0.4 is 10.5 Å². The van der Waals surface area contributed by atoms with Gasteiger partial charge >= 0.3 is 5.97 Å². The molecular weight excluding hydrogens is 380 g/mol. The van der Waals surface area contributed by atoms with Gasteiger partial charge in [0.1, 0.15) is 12.3 Å². The van der Waals surface area contributed by atoms with Gasteiger partial charge < -0.3 is 10.5 Å². The molecule has 0 saturated carbocycles. The van der Waals surface area contributed by atoms with Gasteiger partial charge in [0.25, 0.3) is 11.1 Å². The zero-order valence-corrected chi connectivity index (χ0v) is 15.7. The third kappa shape index (κ3) is 4.47. The third-order valence-corrected chi connectivity index (χ3v) is 4.75. The van der Waals surface area contributed by atoms with Gasteiger partial charge in [-0.15, -0.1) is 0 Å². The lowest BCUT2D eigenvalue weighted by molar-refractivity contribution is -0.127. The number of imide groups is 1. The van der Waals surface area contributed by atoms with Gasteiger partial charge in [-0.05, 0) is 54.6 Å². The van der Waals surface area contributed by atoms with E-state index in [4.69, 9.17) is 10.5 Å². The Balaban J connectivity index is 1.76. The lowest BCUT2D eigenvalue weighted by Crippen LogP contribution is -2.36. The average Bonchev–Trinajstić information content (AvgIpc) is 2.89. The number of hydrogen-bond donors (Lipinski definition) is 1. The molecule has 1 aliphatic rings. The Morgan fingerprint density at radius 2 is 1.86 bits per heavy atom. The fraction of sp³-hybridized carbons (Fsp3) is 0.100. The van der Waals surface area contributed by atoms with Crippen LogP contribution in [0.15, 0.2) is 53.4 Å². The summed E-state index contributed by atoms with van der Waals surface area (Å²) in [6.07, 6.45) is 1.50. The van der Waals surface area contributed by atoms with E-state index in [0.717, 1.165) is 22.2 Å². The van der Waals surface area contributed by atoms with E-state index in [1.807, 2.05) is 19.1 Å². The van der Waals surface area contributed by atoms with E-state index in [1.54, 1.807) is 36.4 Å². The lowest BCUT2D eigenvalue weighted by Gasteiger charge is -2.08. The second kappa shape index (κ2) is 8.10. The number of aryl methyl sites for hydroxylation is 1. The number of ether oxygens (including phenoxy) is 1. The van der Waals surface area contributed by atoms with Crippen LogP contribution in [0.4, 0.5) is 4.79 Å². The smallest absolute Gasteiger partial charge is 0.343 e. The molecular formula is C20H16N2O5S. The quantitative estimate of drug-likeness (QED) is 0.473. The van der Waals surface area contributed by atoms with Crippen molar-refractivity contribution in [2.24, 2.45) is 5.73 Å². The number of rotatable bonds is 5. The van der Waals surface area contributed by atoms with Crippen LogP contribution in [-0.4, -0.2) is 34.5 Å². The van der Waals surface area contributed by atoms with Crippen LogP contribution in [0, 0.1) is 6.92 Å². The van der Waals surface area contributed by atoms with E-state index in [-0.39, 0.29) is 4.91 Å². The summed E-state index contributed by atoms with van der Waals surface area (Å²) in [4.78, 5) is 48.3. The summed E-state index contributed by atoms with van der Waals surface area (Å²) in [5.41, 5.74) is 7.07. The van der Waals surface area contributed by atoms with Crippen LogP contribution in [0.2, 0.25) is 0 Å². The molecule has 8 heteroatoms. The second-order valence-electron chi connectivity index (χ2n) is 6.06. The summed E-state index contributed by atoms with van der Waals surface area (Å²) in [6.45, 7) is 1.46. The molecule has 7 nitrogen and oxygen atoms in total. The van der Waals surface area contributed by atoms with E-state index < -0.39 is 29.6 Å². The zero-order valence-electron chi connectivity index (χ0n) is 14.9. The number of benzene rings is 2. The first-order chi connectivity index (χ1) is 13.3. The van der Waals surface area contributed by atoms with E-state index in [9.17, 15) is 19.2 Å². The van der Waals surface area contributed by atoms with Crippen molar-refractivity contribution >= 4 is 40.9 Å². The highest BCUT2D eigenvalue weighted by Crippen LogP contribution is 2.32. The maximum atomic E-state index is 12.3. The molecule has 0 bridgehead atoms. The molecule has 3 amide bonds. The molecule has 1 aliphatic heterocycles. The highest BCUT2D eigenvalue weighted by molar-refractivity contribution is 8.18. The average molecular weight is 396 g/mol. The summed E-state index contributed by atoms with van der Waals surface area (Å²) < 4.78 is 5.37. The van der Waals surface area contributed by atoms with Crippen molar-refractivity contribution in [2.75, 3.05) is 6.54 Å². The van der Waals surface area contributed by atoms with Gasteiger partial charge in [0.05, 0.1) is 10.5 Å². The first kappa shape index (κ1) is 19.4. The Morgan fingerprint density at radius 3 is 2.54 bits per heavy atom. The molecule has 1 heterocycles. The molecule has 1 saturated heterocycles. The third-order valence-electron chi connectivity index (χ3n) is 3.84.